The van der Waals surface area contributed by atoms with Crippen LogP contribution in [-0.4, -0.2) is 36.0 Å². The van der Waals surface area contributed by atoms with Crippen molar-refractivity contribution in [3.8, 4) is 0 Å². The highest BCUT2D eigenvalue weighted by atomic mass is 79.9. The zero-order valence-electron chi connectivity index (χ0n) is 13.6. The molecule has 1 saturated heterocycles. The average molecular weight is 405 g/mol. The van der Waals surface area contributed by atoms with Crippen LogP contribution in [0, 0.1) is 0 Å². The Bertz CT molecular complexity index is 475. The highest BCUT2D eigenvalue weighted by Gasteiger charge is 2.22. The summed E-state index contributed by atoms with van der Waals surface area (Å²) in [5.74, 6) is 0.00760. The van der Waals surface area contributed by atoms with Gasteiger partial charge in [0.1, 0.15) is 0 Å². The van der Waals surface area contributed by atoms with E-state index in [4.69, 9.17) is 5.73 Å². The summed E-state index contributed by atoms with van der Waals surface area (Å²) in [5.41, 5.74) is 7.19. The second kappa shape index (κ2) is 10.3. The maximum absolute atomic E-state index is 12.0. The van der Waals surface area contributed by atoms with Crippen molar-refractivity contribution in [1.82, 2.24) is 10.2 Å². The highest BCUT2D eigenvalue weighted by molar-refractivity contribution is 9.10. The third-order valence-electron chi connectivity index (χ3n) is 4.19. The molecular weight excluding hydrogens is 378 g/mol. The number of nitrogens with two attached hydrogens (primary N) is 1. The molecule has 23 heavy (non-hydrogen) atoms. The van der Waals surface area contributed by atoms with E-state index in [0.717, 1.165) is 49.8 Å². The highest BCUT2D eigenvalue weighted by Crippen LogP contribution is 2.16. The Morgan fingerprint density at radius 3 is 2.52 bits per heavy atom. The van der Waals surface area contributed by atoms with Gasteiger partial charge in [0.05, 0.1) is 6.04 Å². The van der Waals surface area contributed by atoms with Gasteiger partial charge in [-0.2, -0.15) is 0 Å². The second-order valence-electron chi connectivity index (χ2n) is 6.08. The van der Waals surface area contributed by atoms with Crippen molar-refractivity contribution in [2.75, 3.05) is 13.1 Å². The van der Waals surface area contributed by atoms with Crippen LogP contribution in [0.5, 0.6) is 0 Å². The van der Waals surface area contributed by atoms with E-state index in [0.29, 0.717) is 0 Å². The number of carbonyl (C=O) groups excluding carboxylic acids is 1. The van der Waals surface area contributed by atoms with Gasteiger partial charge in [-0.15, -0.1) is 12.4 Å². The van der Waals surface area contributed by atoms with Gasteiger partial charge in [-0.05, 0) is 37.0 Å². The van der Waals surface area contributed by atoms with Gasteiger partial charge in [-0.3, -0.25) is 9.69 Å². The number of nitrogens with zero attached hydrogens (tertiary/aromatic N) is 1. The van der Waals surface area contributed by atoms with Crippen LogP contribution in [0.3, 0.4) is 0 Å². The molecule has 1 aliphatic rings. The van der Waals surface area contributed by atoms with E-state index in [1.807, 2.05) is 6.92 Å². The molecule has 1 heterocycles. The molecule has 2 rings (SSSR count). The molecule has 0 spiro atoms. The summed E-state index contributed by atoms with van der Waals surface area (Å²) in [6, 6.07) is 8.39. The Hall–Kier alpha value is -0.620. The summed E-state index contributed by atoms with van der Waals surface area (Å²) in [4.78, 5) is 14.4. The predicted molar refractivity (Wildman–Crippen MR) is 101 cm³/mol. The minimum atomic E-state index is -0.356. The molecule has 0 saturated carbocycles. The predicted octanol–water partition coefficient (Wildman–Crippen LogP) is 3.08. The largest absolute Gasteiger partial charge is 0.352 e. The van der Waals surface area contributed by atoms with Crippen molar-refractivity contribution in [2.45, 2.75) is 51.2 Å². The lowest BCUT2D eigenvalue weighted by Gasteiger charge is -2.32. The lowest BCUT2D eigenvalue weighted by atomic mass is 10.0. The van der Waals surface area contributed by atoms with Crippen molar-refractivity contribution in [3.05, 3.63) is 34.3 Å². The molecule has 1 fully saturated rings. The van der Waals surface area contributed by atoms with Crippen molar-refractivity contribution < 1.29 is 4.79 Å². The van der Waals surface area contributed by atoms with Crippen LogP contribution in [0.2, 0.25) is 0 Å². The van der Waals surface area contributed by atoms with E-state index < -0.39 is 0 Å². The molecule has 0 aromatic heterocycles. The molecule has 0 aliphatic carbocycles. The molecular formula is C17H27BrClN3O. The molecule has 3 N–H and O–H groups in total. The van der Waals surface area contributed by atoms with Gasteiger partial charge in [-0.1, -0.05) is 41.4 Å². The monoisotopic (exact) mass is 403 g/mol. The van der Waals surface area contributed by atoms with Gasteiger partial charge >= 0.3 is 0 Å². The fraction of sp³-hybridized carbons (Fsp3) is 0.588. The number of benzene rings is 1. The second-order valence-corrected chi connectivity index (χ2v) is 7.00. The smallest absolute Gasteiger partial charge is 0.237 e. The van der Waals surface area contributed by atoms with Crippen LogP contribution < -0.4 is 11.1 Å². The van der Waals surface area contributed by atoms with Crippen LogP contribution >= 0.6 is 28.3 Å². The summed E-state index contributed by atoms with van der Waals surface area (Å²) in [6.07, 6.45) is 3.71. The number of amides is 1. The number of nitrogens with one attached hydrogen (secondary N) is 1. The molecule has 4 nitrogen and oxygen atoms in total. The third-order valence-corrected chi connectivity index (χ3v) is 4.72. The minimum absolute atomic E-state index is 0. The van der Waals surface area contributed by atoms with E-state index in [9.17, 15) is 4.79 Å². The quantitative estimate of drug-likeness (QED) is 0.766. The average Bonchev–Trinajstić information content (AvgIpc) is 2.51. The van der Waals surface area contributed by atoms with Crippen LogP contribution in [-0.2, 0) is 11.3 Å². The van der Waals surface area contributed by atoms with Crippen molar-refractivity contribution in [3.63, 3.8) is 0 Å². The maximum atomic E-state index is 12.0. The number of likely N-dealkylation sites (tertiary alicyclic amines) is 1. The molecule has 0 bridgehead atoms. The first-order valence-electron chi connectivity index (χ1n) is 8.11. The van der Waals surface area contributed by atoms with Crippen molar-refractivity contribution in [1.29, 1.82) is 0 Å². The van der Waals surface area contributed by atoms with Crippen molar-refractivity contribution >= 4 is 34.2 Å². The zero-order chi connectivity index (χ0) is 15.9. The first kappa shape index (κ1) is 20.4. The number of hydrogen-bond donors (Lipinski definition) is 2. The molecule has 1 aliphatic heterocycles. The van der Waals surface area contributed by atoms with E-state index in [1.54, 1.807) is 0 Å². The lowest BCUT2D eigenvalue weighted by Crippen LogP contribution is -2.49. The van der Waals surface area contributed by atoms with E-state index in [2.05, 4.69) is 50.4 Å². The van der Waals surface area contributed by atoms with Gasteiger partial charge in [0.15, 0.2) is 0 Å². The van der Waals surface area contributed by atoms with Gasteiger partial charge in [-0.25, -0.2) is 0 Å². The summed E-state index contributed by atoms with van der Waals surface area (Å²) in [6.45, 7) is 5.06. The Labute approximate surface area is 153 Å². The number of rotatable bonds is 6. The van der Waals surface area contributed by atoms with E-state index >= 15 is 0 Å². The lowest BCUT2D eigenvalue weighted by molar-refractivity contribution is -0.123. The molecule has 130 valence electrons. The topological polar surface area (TPSA) is 58.4 Å². The SMILES string of the molecule is CCCC(N)C(=O)NC1CCN(Cc2ccc(Br)cc2)CC1.Cl. The number of hydrogen-bond acceptors (Lipinski definition) is 3. The van der Waals surface area contributed by atoms with Crippen LogP contribution in [0.4, 0.5) is 0 Å². The van der Waals surface area contributed by atoms with Crippen LogP contribution in [0.25, 0.3) is 0 Å². The number of halogens is 2. The first-order valence-corrected chi connectivity index (χ1v) is 8.90. The number of piperidine rings is 1. The van der Waals surface area contributed by atoms with Crippen LogP contribution in [0.1, 0.15) is 38.2 Å². The summed E-state index contributed by atoms with van der Waals surface area (Å²) in [5, 5.41) is 3.10. The summed E-state index contributed by atoms with van der Waals surface area (Å²) < 4.78 is 1.11. The first-order chi connectivity index (χ1) is 10.6. The summed E-state index contributed by atoms with van der Waals surface area (Å²) >= 11 is 3.46. The Morgan fingerprint density at radius 2 is 1.96 bits per heavy atom. The molecule has 1 atom stereocenters. The Balaban J connectivity index is 0.00000264. The Kier molecular flexibility index (Phi) is 9.14. The molecule has 1 unspecified atom stereocenters. The molecule has 0 radical (unpaired) electrons. The molecule has 1 aromatic rings. The normalized spacial score (nSPS) is 17.3. The number of carbonyl (C=O) groups is 1. The minimum Gasteiger partial charge on any atom is -0.352 e. The Morgan fingerprint density at radius 1 is 1.35 bits per heavy atom. The fourth-order valence-electron chi connectivity index (χ4n) is 2.83. The summed E-state index contributed by atoms with van der Waals surface area (Å²) in [7, 11) is 0. The maximum Gasteiger partial charge on any atom is 0.237 e. The zero-order valence-corrected chi connectivity index (χ0v) is 16.0. The standard InChI is InChI=1S/C17H26BrN3O.ClH/c1-2-3-16(19)17(22)20-15-8-10-21(11-9-15)12-13-4-6-14(18)7-5-13;/h4-7,15-16H,2-3,8-12,19H2,1H3,(H,20,22);1H. The molecule has 6 heteroatoms. The van der Waals surface area contributed by atoms with E-state index in [-0.39, 0.29) is 30.4 Å². The van der Waals surface area contributed by atoms with Gasteiger partial charge in [0.2, 0.25) is 5.91 Å². The third kappa shape index (κ3) is 6.79. The van der Waals surface area contributed by atoms with Gasteiger partial charge < -0.3 is 11.1 Å². The molecule has 1 amide bonds. The molecule has 1 aromatic carbocycles. The van der Waals surface area contributed by atoms with E-state index in [1.165, 1.54) is 5.56 Å². The van der Waals surface area contributed by atoms with Gasteiger partial charge in [0.25, 0.3) is 0 Å². The van der Waals surface area contributed by atoms with Crippen LogP contribution in [0.15, 0.2) is 28.7 Å². The van der Waals surface area contributed by atoms with Gasteiger partial charge in [0, 0.05) is 30.1 Å². The fourth-order valence-corrected chi connectivity index (χ4v) is 3.10. The van der Waals surface area contributed by atoms with Crippen molar-refractivity contribution in [2.24, 2.45) is 5.73 Å².